The van der Waals surface area contributed by atoms with Crippen LogP contribution in [-0.4, -0.2) is 23.4 Å². The van der Waals surface area contributed by atoms with E-state index in [0.29, 0.717) is 34.1 Å². The molecule has 0 radical (unpaired) electrons. The number of nitrogens with zero attached hydrogens (tertiary/aromatic N) is 1. The number of hydrogen-bond acceptors (Lipinski definition) is 6. The maximum atomic E-state index is 12.2. The second-order valence-electron chi connectivity index (χ2n) is 6.21. The average molecular weight is 391 g/mol. The summed E-state index contributed by atoms with van der Waals surface area (Å²) in [6.07, 6.45) is 1.43. The Kier molecular flexibility index (Phi) is 4.98. The summed E-state index contributed by atoms with van der Waals surface area (Å²) in [6, 6.07) is 15.2. The summed E-state index contributed by atoms with van der Waals surface area (Å²) in [5, 5.41) is 5.45. The number of hydrogen-bond donors (Lipinski definition) is 2. The zero-order chi connectivity index (χ0) is 20.2. The zero-order valence-corrected chi connectivity index (χ0v) is 15.5. The second-order valence-corrected chi connectivity index (χ2v) is 6.21. The molecule has 0 aliphatic rings. The van der Waals surface area contributed by atoms with Gasteiger partial charge in [-0.1, -0.05) is 6.07 Å². The molecule has 0 saturated carbocycles. The first-order chi connectivity index (χ1) is 14.1. The van der Waals surface area contributed by atoms with Gasteiger partial charge in [0.15, 0.2) is 23.8 Å². The van der Waals surface area contributed by atoms with E-state index >= 15 is 0 Å². The molecule has 2 N–H and O–H groups in total. The molecule has 0 saturated heterocycles. The van der Waals surface area contributed by atoms with Crippen LogP contribution in [0.4, 0.5) is 11.4 Å². The first kappa shape index (κ1) is 18.3. The molecule has 0 unspecified atom stereocenters. The highest BCUT2D eigenvalue weighted by molar-refractivity contribution is 6.02. The lowest BCUT2D eigenvalue weighted by molar-refractivity contribution is -0.118. The lowest BCUT2D eigenvalue weighted by Gasteiger charge is -2.09. The summed E-state index contributed by atoms with van der Waals surface area (Å²) >= 11 is 0. The topological polar surface area (TPSA) is 107 Å². The molecule has 29 heavy (non-hydrogen) atoms. The standard InChI is InChI=1S/C21H17N3O5/c1-13-22-17-11-15(7-8-18(17)29-13)23-20(25)12-28-16-5-2-4-14(10-16)24-21(26)19-6-3-9-27-19/h2-11H,12H2,1H3,(H,23,25)(H,24,26). The molecule has 2 amide bonds. The van der Waals surface area contributed by atoms with Crippen LogP contribution in [0, 0.1) is 6.92 Å². The minimum absolute atomic E-state index is 0.189. The smallest absolute Gasteiger partial charge is 0.291 e. The Bertz CT molecular complexity index is 1160. The van der Waals surface area contributed by atoms with E-state index in [0.717, 1.165) is 0 Å². The number of benzene rings is 2. The van der Waals surface area contributed by atoms with Crippen molar-refractivity contribution in [3.63, 3.8) is 0 Å². The maximum absolute atomic E-state index is 12.2. The van der Waals surface area contributed by atoms with Crippen LogP contribution in [0.25, 0.3) is 11.1 Å². The van der Waals surface area contributed by atoms with Gasteiger partial charge in [0.2, 0.25) is 0 Å². The van der Waals surface area contributed by atoms with Gasteiger partial charge in [-0.2, -0.15) is 0 Å². The maximum Gasteiger partial charge on any atom is 0.291 e. The highest BCUT2D eigenvalue weighted by Crippen LogP contribution is 2.20. The van der Waals surface area contributed by atoms with Crippen LogP contribution < -0.4 is 15.4 Å². The Morgan fingerprint density at radius 1 is 1.03 bits per heavy atom. The van der Waals surface area contributed by atoms with Crippen molar-refractivity contribution in [1.82, 2.24) is 4.98 Å². The molecule has 8 heteroatoms. The van der Waals surface area contributed by atoms with Gasteiger partial charge in [-0.05, 0) is 42.5 Å². The molecule has 4 rings (SSSR count). The van der Waals surface area contributed by atoms with Crippen molar-refractivity contribution < 1.29 is 23.2 Å². The van der Waals surface area contributed by atoms with E-state index in [-0.39, 0.29) is 24.2 Å². The molecule has 2 heterocycles. The number of carbonyl (C=O) groups excluding carboxylic acids is 2. The third kappa shape index (κ3) is 4.44. The molecular weight excluding hydrogens is 374 g/mol. The van der Waals surface area contributed by atoms with Gasteiger partial charge in [0, 0.05) is 24.4 Å². The molecule has 0 spiro atoms. The molecule has 0 aliphatic carbocycles. The third-order valence-corrected chi connectivity index (χ3v) is 3.99. The second kappa shape index (κ2) is 7.89. The molecular formula is C21H17N3O5. The Hall–Kier alpha value is -4.07. The fraction of sp³-hybridized carbons (Fsp3) is 0.0952. The number of amides is 2. The summed E-state index contributed by atoms with van der Waals surface area (Å²) in [6.45, 7) is 1.57. The van der Waals surface area contributed by atoms with Crippen LogP contribution in [0.2, 0.25) is 0 Å². The van der Waals surface area contributed by atoms with Crippen LogP contribution in [-0.2, 0) is 4.79 Å². The Morgan fingerprint density at radius 2 is 1.90 bits per heavy atom. The van der Waals surface area contributed by atoms with Crippen LogP contribution in [0.15, 0.2) is 69.7 Å². The molecule has 8 nitrogen and oxygen atoms in total. The Labute approximate surface area is 165 Å². The van der Waals surface area contributed by atoms with Crippen molar-refractivity contribution in [3.05, 3.63) is 72.5 Å². The van der Waals surface area contributed by atoms with Crippen molar-refractivity contribution >= 4 is 34.3 Å². The summed E-state index contributed by atoms with van der Waals surface area (Å²) in [7, 11) is 0. The molecule has 146 valence electrons. The van der Waals surface area contributed by atoms with Gasteiger partial charge >= 0.3 is 0 Å². The highest BCUT2D eigenvalue weighted by atomic mass is 16.5. The predicted octanol–water partition coefficient (Wildman–Crippen LogP) is 4.00. The molecule has 0 atom stereocenters. The van der Waals surface area contributed by atoms with Crippen molar-refractivity contribution in [1.29, 1.82) is 0 Å². The minimum Gasteiger partial charge on any atom is -0.484 e. The highest BCUT2D eigenvalue weighted by Gasteiger charge is 2.10. The van der Waals surface area contributed by atoms with Gasteiger partial charge < -0.3 is 24.2 Å². The predicted molar refractivity (Wildman–Crippen MR) is 106 cm³/mol. The summed E-state index contributed by atoms with van der Waals surface area (Å²) in [5.41, 5.74) is 2.45. The third-order valence-electron chi connectivity index (χ3n) is 3.99. The molecule has 2 aromatic carbocycles. The minimum atomic E-state index is -0.372. The van der Waals surface area contributed by atoms with Crippen molar-refractivity contribution in [2.45, 2.75) is 6.92 Å². The fourth-order valence-corrected chi connectivity index (χ4v) is 2.73. The first-order valence-electron chi connectivity index (χ1n) is 8.81. The van der Waals surface area contributed by atoms with E-state index in [4.69, 9.17) is 13.6 Å². The van der Waals surface area contributed by atoms with Gasteiger partial charge in [0.1, 0.15) is 11.3 Å². The first-order valence-corrected chi connectivity index (χ1v) is 8.81. The van der Waals surface area contributed by atoms with E-state index in [9.17, 15) is 9.59 Å². The number of carbonyl (C=O) groups is 2. The molecule has 2 aromatic heterocycles. The Morgan fingerprint density at radius 3 is 2.72 bits per heavy atom. The van der Waals surface area contributed by atoms with Crippen LogP contribution in [0.1, 0.15) is 16.4 Å². The van der Waals surface area contributed by atoms with E-state index in [1.54, 1.807) is 61.5 Å². The fourth-order valence-electron chi connectivity index (χ4n) is 2.73. The quantitative estimate of drug-likeness (QED) is 0.515. The summed E-state index contributed by atoms with van der Waals surface area (Å²) in [5.74, 6) is 0.513. The van der Waals surface area contributed by atoms with Crippen LogP contribution in [0.5, 0.6) is 5.75 Å². The summed E-state index contributed by atoms with van der Waals surface area (Å²) < 4.78 is 16.0. The summed E-state index contributed by atoms with van der Waals surface area (Å²) in [4.78, 5) is 28.4. The Balaban J connectivity index is 1.34. The lowest BCUT2D eigenvalue weighted by atomic mass is 10.3. The monoisotopic (exact) mass is 391 g/mol. The number of aromatic nitrogens is 1. The van der Waals surface area contributed by atoms with Crippen molar-refractivity contribution in [2.75, 3.05) is 17.2 Å². The van der Waals surface area contributed by atoms with E-state index in [1.165, 1.54) is 6.26 Å². The lowest BCUT2D eigenvalue weighted by Crippen LogP contribution is -2.20. The van der Waals surface area contributed by atoms with Gasteiger partial charge in [0.25, 0.3) is 11.8 Å². The van der Waals surface area contributed by atoms with E-state index < -0.39 is 0 Å². The van der Waals surface area contributed by atoms with Crippen molar-refractivity contribution in [3.8, 4) is 5.75 Å². The van der Waals surface area contributed by atoms with Gasteiger partial charge in [-0.25, -0.2) is 4.98 Å². The zero-order valence-electron chi connectivity index (χ0n) is 15.5. The number of furan rings is 1. The number of rotatable bonds is 6. The average Bonchev–Trinajstić information content (AvgIpc) is 3.35. The number of nitrogens with one attached hydrogen (secondary N) is 2. The number of fused-ring (bicyclic) bond motifs is 1. The largest absolute Gasteiger partial charge is 0.484 e. The number of aryl methyl sites for hydroxylation is 1. The SMILES string of the molecule is Cc1nc2cc(NC(=O)COc3cccc(NC(=O)c4ccco4)c3)ccc2o1. The normalized spacial score (nSPS) is 10.7. The molecule has 4 aromatic rings. The van der Waals surface area contributed by atoms with Gasteiger partial charge in [-0.15, -0.1) is 0 Å². The number of oxazole rings is 1. The number of anilines is 2. The van der Waals surface area contributed by atoms with Gasteiger partial charge in [0.05, 0.1) is 6.26 Å². The molecule has 0 fully saturated rings. The van der Waals surface area contributed by atoms with E-state index in [2.05, 4.69) is 15.6 Å². The van der Waals surface area contributed by atoms with Crippen LogP contribution >= 0.6 is 0 Å². The molecule has 0 bridgehead atoms. The van der Waals surface area contributed by atoms with E-state index in [1.807, 2.05) is 0 Å². The van der Waals surface area contributed by atoms with Crippen LogP contribution in [0.3, 0.4) is 0 Å². The number of ether oxygens (including phenoxy) is 1. The molecule has 0 aliphatic heterocycles. The van der Waals surface area contributed by atoms with Gasteiger partial charge in [-0.3, -0.25) is 9.59 Å². The van der Waals surface area contributed by atoms with Crippen molar-refractivity contribution in [2.24, 2.45) is 0 Å².